The number of ether oxygens (including phenoxy) is 3. The first kappa shape index (κ1) is 26.2. The molecule has 0 aliphatic carbocycles. The van der Waals surface area contributed by atoms with Crippen molar-refractivity contribution in [2.45, 2.75) is 6.61 Å². The highest BCUT2D eigenvalue weighted by atomic mass is 35.5. The van der Waals surface area contributed by atoms with Crippen molar-refractivity contribution in [2.75, 3.05) is 20.3 Å². The highest BCUT2D eigenvalue weighted by Crippen LogP contribution is 2.38. The van der Waals surface area contributed by atoms with Crippen LogP contribution in [0, 0.1) is 0 Å². The van der Waals surface area contributed by atoms with E-state index in [1.54, 1.807) is 66.7 Å². The van der Waals surface area contributed by atoms with E-state index in [4.69, 9.17) is 49.0 Å². The molecule has 1 aliphatic rings. The number of thioether (sulfide) groups is 1. The quantitative estimate of drug-likeness (QED) is 0.253. The predicted molar refractivity (Wildman–Crippen MR) is 143 cm³/mol. The van der Waals surface area contributed by atoms with Gasteiger partial charge < -0.3 is 14.2 Å². The van der Waals surface area contributed by atoms with E-state index in [1.165, 1.54) is 7.11 Å². The number of carbonyl (C=O) groups excluding carboxylic acids is 2. The Morgan fingerprint density at radius 2 is 1.69 bits per heavy atom. The van der Waals surface area contributed by atoms with Crippen LogP contribution in [0.4, 0.5) is 4.79 Å². The molecule has 1 heterocycles. The molecule has 2 amide bonds. The summed E-state index contributed by atoms with van der Waals surface area (Å²) in [6, 6.07) is 17.3. The molecule has 0 atom stereocenters. The SMILES string of the molecule is COc1cccc(/C=C2\SC(=O)N(CCOc3ccc(Cl)cc3)C2=O)c1OCc1ccc(Cl)cc1Cl. The Bertz CT molecular complexity index is 1310. The van der Waals surface area contributed by atoms with Gasteiger partial charge in [-0.3, -0.25) is 14.5 Å². The summed E-state index contributed by atoms with van der Waals surface area (Å²) in [6.45, 7) is 0.421. The summed E-state index contributed by atoms with van der Waals surface area (Å²) in [7, 11) is 1.52. The van der Waals surface area contributed by atoms with Crippen molar-refractivity contribution >= 4 is 63.8 Å². The molecule has 0 radical (unpaired) electrons. The van der Waals surface area contributed by atoms with Crippen molar-refractivity contribution in [1.82, 2.24) is 4.90 Å². The van der Waals surface area contributed by atoms with Crippen LogP contribution >= 0.6 is 46.6 Å². The van der Waals surface area contributed by atoms with Crippen LogP contribution in [0.15, 0.2) is 65.6 Å². The van der Waals surface area contributed by atoms with E-state index in [0.717, 1.165) is 22.2 Å². The number of halogens is 3. The Hall–Kier alpha value is -2.84. The van der Waals surface area contributed by atoms with Gasteiger partial charge in [-0.2, -0.15) is 0 Å². The second kappa shape index (κ2) is 11.9. The van der Waals surface area contributed by atoms with Crippen LogP contribution in [0.1, 0.15) is 11.1 Å². The van der Waals surface area contributed by atoms with E-state index in [1.807, 2.05) is 0 Å². The van der Waals surface area contributed by atoms with E-state index in [-0.39, 0.29) is 29.9 Å². The largest absolute Gasteiger partial charge is 0.493 e. The highest BCUT2D eigenvalue weighted by molar-refractivity contribution is 8.18. The van der Waals surface area contributed by atoms with Gasteiger partial charge in [-0.15, -0.1) is 0 Å². The molecule has 0 aromatic heterocycles. The summed E-state index contributed by atoms with van der Waals surface area (Å²) in [5.74, 6) is 1.09. The Kier molecular flexibility index (Phi) is 8.69. The van der Waals surface area contributed by atoms with E-state index < -0.39 is 5.91 Å². The fourth-order valence-electron chi connectivity index (χ4n) is 3.37. The summed E-state index contributed by atoms with van der Waals surface area (Å²) in [5, 5.41) is 1.22. The Balaban J connectivity index is 1.48. The summed E-state index contributed by atoms with van der Waals surface area (Å²) in [6.07, 6.45) is 1.62. The molecule has 0 saturated carbocycles. The highest BCUT2D eigenvalue weighted by Gasteiger charge is 2.35. The number of carbonyl (C=O) groups is 2. The molecule has 36 heavy (non-hydrogen) atoms. The van der Waals surface area contributed by atoms with Crippen molar-refractivity contribution in [3.05, 3.63) is 91.8 Å². The molecule has 0 bridgehead atoms. The summed E-state index contributed by atoms with van der Waals surface area (Å²) >= 11 is 19.0. The lowest BCUT2D eigenvalue weighted by molar-refractivity contribution is -0.123. The van der Waals surface area contributed by atoms with Crippen molar-refractivity contribution in [3.8, 4) is 17.2 Å². The van der Waals surface area contributed by atoms with Gasteiger partial charge in [0.2, 0.25) is 0 Å². The van der Waals surface area contributed by atoms with Gasteiger partial charge in [0.1, 0.15) is 19.0 Å². The Labute approximate surface area is 227 Å². The number of hydrogen-bond acceptors (Lipinski definition) is 6. The summed E-state index contributed by atoms with van der Waals surface area (Å²) in [5.41, 5.74) is 1.32. The molecular formula is C26H20Cl3NO5S. The molecule has 0 unspecified atom stereocenters. The molecule has 1 fully saturated rings. The topological polar surface area (TPSA) is 65.1 Å². The zero-order chi connectivity index (χ0) is 25.7. The minimum absolute atomic E-state index is 0.112. The molecule has 1 saturated heterocycles. The van der Waals surface area contributed by atoms with Gasteiger partial charge in [0.15, 0.2) is 11.5 Å². The van der Waals surface area contributed by atoms with Crippen LogP contribution < -0.4 is 14.2 Å². The first-order chi connectivity index (χ1) is 17.4. The first-order valence-electron chi connectivity index (χ1n) is 10.7. The van der Waals surface area contributed by atoms with Crippen molar-refractivity contribution in [3.63, 3.8) is 0 Å². The predicted octanol–water partition coefficient (Wildman–Crippen LogP) is 7.35. The Morgan fingerprint density at radius 3 is 2.42 bits per heavy atom. The molecule has 0 N–H and O–H groups in total. The maximum atomic E-state index is 13.0. The number of amides is 2. The van der Waals surface area contributed by atoms with Crippen molar-refractivity contribution in [1.29, 1.82) is 0 Å². The lowest BCUT2D eigenvalue weighted by Crippen LogP contribution is -2.32. The van der Waals surface area contributed by atoms with Gasteiger partial charge in [0.25, 0.3) is 11.1 Å². The standard InChI is InChI=1S/C26H20Cl3NO5S/c1-33-22-4-2-3-16(24(22)35-15-17-5-6-19(28)14-21(17)29)13-23-25(31)30(26(32)36-23)11-12-34-20-9-7-18(27)8-10-20/h2-10,13-14H,11-12,15H2,1H3/b23-13-. The monoisotopic (exact) mass is 563 g/mol. The van der Waals surface area contributed by atoms with Crippen LogP contribution in [-0.4, -0.2) is 36.3 Å². The fourth-order valence-corrected chi connectivity index (χ4v) is 4.81. The van der Waals surface area contributed by atoms with Crippen molar-refractivity contribution < 1.29 is 23.8 Å². The third-order valence-electron chi connectivity index (χ3n) is 5.17. The van der Waals surface area contributed by atoms with Gasteiger partial charge in [-0.25, -0.2) is 0 Å². The first-order valence-corrected chi connectivity index (χ1v) is 12.7. The fraction of sp³-hybridized carbons (Fsp3) is 0.154. The number of para-hydroxylation sites is 1. The average molecular weight is 565 g/mol. The van der Waals surface area contributed by atoms with E-state index in [0.29, 0.717) is 37.9 Å². The van der Waals surface area contributed by atoms with Gasteiger partial charge in [0.05, 0.1) is 18.6 Å². The minimum atomic E-state index is -0.403. The van der Waals surface area contributed by atoms with E-state index in [2.05, 4.69) is 0 Å². The third kappa shape index (κ3) is 6.28. The average Bonchev–Trinajstić information content (AvgIpc) is 3.12. The molecule has 4 rings (SSSR count). The molecule has 3 aromatic rings. The smallest absolute Gasteiger partial charge is 0.293 e. The number of hydrogen-bond donors (Lipinski definition) is 0. The summed E-state index contributed by atoms with van der Waals surface area (Å²) < 4.78 is 17.1. The van der Waals surface area contributed by atoms with Gasteiger partial charge >= 0.3 is 0 Å². The molecule has 186 valence electrons. The number of nitrogens with zero attached hydrogens (tertiary/aromatic N) is 1. The molecular weight excluding hydrogens is 545 g/mol. The van der Waals surface area contributed by atoms with E-state index in [9.17, 15) is 9.59 Å². The zero-order valence-corrected chi connectivity index (χ0v) is 22.1. The number of benzene rings is 3. The van der Waals surface area contributed by atoms with Crippen LogP contribution in [0.25, 0.3) is 6.08 Å². The van der Waals surface area contributed by atoms with Crippen LogP contribution in [0.2, 0.25) is 15.1 Å². The molecule has 0 spiro atoms. The molecule has 6 nitrogen and oxygen atoms in total. The van der Waals surface area contributed by atoms with Gasteiger partial charge in [0, 0.05) is 26.2 Å². The zero-order valence-electron chi connectivity index (χ0n) is 19.0. The maximum Gasteiger partial charge on any atom is 0.293 e. The van der Waals surface area contributed by atoms with Crippen LogP contribution in [0.3, 0.4) is 0 Å². The third-order valence-corrected chi connectivity index (χ3v) is 6.92. The van der Waals surface area contributed by atoms with Crippen LogP contribution in [-0.2, 0) is 11.4 Å². The lowest BCUT2D eigenvalue weighted by Gasteiger charge is -2.15. The molecule has 3 aromatic carbocycles. The maximum absolute atomic E-state index is 13.0. The van der Waals surface area contributed by atoms with Crippen molar-refractivity contribution in [2.24, 2.45) is 0 Å². The van der Waals surface area contributed by atoms with Gasteiger partial charge in [-0.05, 0) is 60.3 Å². The normalized spacial score (nSPS) is 14.4. The molecule has 10 heteroatoms. The lowest BCUT2D eigenvalue weighted by atomic mass is 10.1. The number of methoxy groups -OCH3 is 1. The van der Waals surface area contributed by atoms with Crippen LogP contribution in [0.5, 0.6) is 17.2 Å². The Morgan fingerprint density at radius 1 is 0.944 bits per heavy atom. The summed E-state index contributed by atoms with van der Waals surface area (Å²) in [4.78, 5) is 26.9. The second-order valence-electron chi connectivity index (χ2n) is 7.54. The van der Waals surface area contributed by atoms with E-state index >= 15 is 0 Å². The minimum Gasteiger partial charge on any atom is -0.493 e. The number of imide groups is 1. The second-order valence-corrected chi connectivity index (χ2v) is 9.81. The molecule has 1 aliphatic heterocycles. The van der Waals surface area contributed by atoms with Gasteiger partial charge in [-0.1, -0.05) is 53.0 Å². The number of rotatable bonds is 9.